The van der Waals surface area contributed by atoms with Crippen LogP contribution in [0.15, 0.2) is 42.6 Å². The first kappa shape index (κ1) is 25.0. The highest BCUT2D eigenvalue weighted by Crippen LogP contribution is 2.35. The van der Waals surface area contributed by atoms with Gasteiger partial charge < -0.3 is 20.1 Å². The van der Waals surface area contributed by atoms with Crippen LogP contribution in [0.5, 0.6) is 0 Å². The van der Waals surface area contributed by atoms with Gasteiger partial charge in [-0.2, -0.15) is 0 Å². The highest BCUT2D eigenvalue weighted by Gasteiger charge is 2.46. The van der Waals surface area contributed by atoms with Gasteiger partial charge >= 0.3 is 0 Å². The third-order valence-corrected chi connectivity index (χ3v) is 6.94. The van der Waals surface area contributed by atoms with E-state index in [4.69, 9.17) is 16.3 Å². The average Bonchev–Trinajstić information content (AvgIpc) is 3.30. The molecule has 0 saturated carbocycles. The third-order valence-electron chi connectivity index (χ3n) is 5.53. The van der Waals surface area contributed by atoms with Gasteiger partial charge in [0.25, 0.3) is 0 Å². The van der Waals surface area contributed by atoms with Crippen LogP contribution in [0.1, 0.15) is 11.6 Å². The number of nitrogens with zero attached hydrogens (tertiary/aromatic N) is 3. The molecule has 2 heterocycles. The van der Waals surface area contributed by atoms with Crippen LogP contribution in [0, 0.1) is 17.5 Å². The zero-order valence-corrected chi connectivity index (χ0v) is 19.1. The SMILES string of the molecule is OCC1O[C@H](SCCc2ccc(Cl)cc2)C(O)[C@@H](n2cc(-c3cc(F)c(F)c(F)c3)nn2)[C@H]1O. The summed E-state index contributed by atoms with van der Waals surface area (Å²) in [5.41, 5.74) is 0.186. The van der Waals surface area contributed by atoms with Crippen LogP contribution in [0.2, 0.25) is 5.02 Å². The van der Waals surface area contributed by atoms with Gasteiger partial charge in [0.15, 0.2) is 17.5 Å². The molecule has 1 saturated heterocycles. The fourth-order valence-electron chi connectivity index (χ4n) is 3.72. The summed E-state index contributed by atoms with van der Waals surface area (Å²) in [6.07, 6.45) is -1.65. The Bertz CT molecular complexity index is 1110. The molecule has 0 radical (unpaired) electrons. The molecule has 4 rings (SSSR count). The molecule has 2 unspecified atom stereocenters. The number of hydrogen-bond donors (Lipinski definition) is 3. The zero-order chi connectivity index (χ0) is 24.4. The summed E-state index contributed by atoms with van der Waals surface area (Å²) in [5, 5.41) is 39.7. The summed E-state index contributed by atoms with van der Waals surface area (Å²) in [6, 6.07) is 7.83. The molecular weight excluding hydrogens is 495 g/mol. The molecule has 0 bridgehead atoms. The first-order chi connectivity index (χ1) is 16.3. The van der Waals surface area contributed by atoms with Crippen molar-refractivity contribution in [1.82, 2.24) is 15.0 Å². The zero-order valence-electron chi connectivity index (χ0n) is 17.6. The number of aliphatic hydroxyl groups excluding tert-OH is 3. The Hall–Kier alpha value is -2.15. The lowest BCUT2D eigenvalue weighted by Crippen LogP contribution is -2.55. The molecule has 1 aromatic heterocycles. The van der Waals surface area contributed by atoms with E-state index in [9.17, 15) is 28.5 Å². The second kappa shape index (κ2) is 10.6. The molecule has 3 N–H and O–H groups in total. The smallest absolute Gasteiger partial charge is 0.194 e. The quantitative estimate of drug-likeness (QED) is 0.416. The van der Waals surface area contributed by atoms with Gasteiger partial charge in [-0.1, -0.05) is 28.9 Å². The summed E-state index contributed by atoms with van der Waals surface area (Å²) in [5.74, 6) is -3.79. The van der Waals surface area contributed by atoms with Crippen molar-refractivity contribution >= 4 is 23.4 Å². The van der Waals surface area contributed by atoms with E-state index in [1.165, 1.54) is 18.0 Å². The average molecular weight is 516 g/mol. The van der Waals surface area contributed by atoms with Crippen LogP contribution in [0.3, 0.4) is 0 Å². The Morgan fingerprint density at radius 2 is 1.74 bits per heavy atom. The summed E-state index contributed by atoms with van der Waals surface area (Å²) in [7, 11) is 0. The number of aryl methyl sites for hydroxylation is 1. The molecule has 0 aliphatic carbocycles. The molecule has 34 heavy (non-hydrogen) atoms. The molecular formula is C22H21ClF3N3O4S. The van der Waals surface area contributed by atoms with Gasteiger partial charge in [-0.05, 0) is 42.0 Å². The van der Waals surface area contributed by atoms with E-state index in [0.717, 1.165) is 22.4 Å². The summed E-state index contributed by atoms with van der Waals surface area (Å²) < 4.78 is 47.4. The lowest BCUT2D eigenvalue weighted by atomic mass is 9.97. The van der Waals surface area contributed by atoms with Crippen molar-refractivity contribution in [2.75, 3.05) is 12.4 Å². The Labute approximate surface area is 202 Å². The Morgan fingerprint density at radius 3 is 2.38 bits per heavy atom. The minimum absolute atomic E-state index is 0.0104. The lowest BCUT2D eigenvalue weighted by Gasteiger charge is -2.41. The highest BCUT2D eigenvalue weighted by atomic mass is 35.5. The van der Waals surface area contributed by atoms with Gasteiger partial charge in [-0.25, -0.2) is 17.9 Å². The minimum Gasteiger partial charge on any atom is -0.394 e. The van der Waals surface area contributed by atoms with Crippen LogP contribution in [0.4, 0.5) is 13.2 Å². The van der Waals surface area contributed by atoms with Crippen molar-refractivity contribution in [3.63, 3.8) is 0 Å². The molecule has 2 aromatic carbocycles. The van der Waals surface area contributed by atoms with E-state index >= 15 is 0 Å². The number of thioether (sulfide) groups is 1. The summed E-state index contributed by atoms with van der Waals surface area (Å²) in [4.78, 5) is 0. The molecule has 12 heteroatoms. The highest BCUT2D eigenvalue weighted by molar-refractivity contribution is 7.99. The van der Waals surface area contributed by atoms with E-state index in [1.54, 1.807) is 12.1 Å². The first-order valence-corrected chi connectivity index (χ1v) is 11.8. The lowest BCUT2D eigenvalue weighted by molar-refractivity contribution is -0.178. The maximum atomic E-state index is 13.6. The maximum Gasteiger partial charge on any atom is 0.194 e. The standard InChI is InChI=1S/C22H21ClF3N3O4S/c23-13-3-1-11(2-4-13)5-6-34-22-21(32)19(20(31)17(10-30)33-22)29-9-16(27-28-29)12-7-14(24)18(26)15(25)8-12/h1-4,7-9,17,19-22,30-32H,5-6,10H2/t17?,19-,20-,21?,22+/m0/s1. The molecule has 1 aliphatic heterocycles. The number of halogens is 4. The summed E-state index contributed by atoms with van der Waals surface area (Å²) in [6.45, 7) is -0.505. The van der Waals surface area contributed by atoms with E-state index in [-0.39, 0.29) is 11.3 Å². The molecule has 5 atom stereocenters. The molecule has 1 fully saturated rings. The normalized spacial score (nSPS) is 25.0. The van der Waals surface area contributed by atoms with Crippen LogP contribution in [-0.2, 0) is 11.2 Å². The number of rotatable bonds is 7. The molecule has 0 spiro atoms. The largest absolute Gasteiger partial charge is 0.394 e. The Balaban J connectivity index is 1.51. The van der Waals surface area contributed by atoms with Gasteiger partial charge in [0.2, 0.25) is 0 Å². The number of hydrogen-bond acceptors (Lipinski definition) is 7. The van der Waals surface area contributed by atoms with Crippen molar-refractivity contribution in [3.8, 4) is 11.3 Å². The van der Waals surface area contributed by atoms with Crippen LogP contribution < -0.4 is 0 Å². The molecule has 7 nitrogen and oxygen atoms in total. The van der Waals surface area contributed by atoms with Crippen molar-refractivity contribution in [2.24, 2.45) is 0 Å². The van der Waals surface area contributed by atoms with Crippen LogP contribution >= 0.6 is 23.4 Å². The predicted octanol–water partition coefficient (Wildman–Crippen LogP) is 2.97. The number of ether oxygens (including phenoxy) is 1. The Morgan fingerprint density at radius 1 is 1.06 bits per heavy atom. The third kappa shape index (κ3) is 5.24. The van der Waals surface area contributed by atoms with Crippen molar-refractivity contribution in [1.29, 1.82) is 0 Å². The van der Waals surface area contributed by atoms with E-state index in [2.05, 4.69) is 10.3 Å². The first-order valence-electron chi connectivity index (χ1n) is 10.3. The van der Waals surface area contributed by atoms with Gasteiger partial charge in [0.05, 0.1) is 12.8 Å². The monoisotopic (exact) mass is 515 g/mol. The fourth-order valence-corrected chi connectivity index (χ4v) is 5.01. The van der Waals surface area contributed by atoms with Crippen molar-refractivity contribution in [2.45, 2.75) is 36.2 Å². The van der Waals surface area contributed by atoms with Gasteiger partial charge in [0.1, 0.15) is 35.5 Å². The molecule has 3 aromatic rings. The maximum absolute atomic E-state index is 13.6. The molecule has 182 valence electrons. The van der Waals surface area contributed by atoms with Crippen molar-refractivity contribution < 1.29 is 33.2 Å². The number of benzene rings is 2. The van der Waals surface area contributed by atoms with E-state index in [1.807, 2.05) is 12.1 Å². The van der Waals surface area contributed by atoms with Gasteiger partial charge in [-0.15, -0.1) is 16.9 Å². The van der Waals surface area contributed by atoms with Crippen molar-refractivity contribution in [3.05, 3.63) is 70.6 Å². The van der Waals surface area contributed by atoms with Crippen LogP contribution in [-0.4, -0.2) is 66.4 Å². The van der Waals surface area contributed by atoms with E-state index < -0.39 is 53.8 Å². The Kier molecular flexibility index (Phi) is 7.80. The van der Waals surface area contributed by atoms with Crippen LogP contribution in [0.25, 0.3) is 11.3 Å². The number of aromatic nitrogens is 3. The van der Waals surface area contributed by atoms with Gasteiger partial charge in [0, 0.05) is 10.6 Å². The predicted molar refractivity (Wildman–Crippen MR) is 120 cm³/mol. The summed E-state index contributed by atoms with van der Waals surface area (Å²) >= 11 is 7.20. The minimum atomic E-state index is -1.60. The number of aliphatic hydroxyl groups is 3. The van der Waals surface area contributed by atoms with Gasteiger partial charge in [-0.3, -0.25) is 0 Å². The second-order valence-electron chi connectivity index (χ2n) is 7.78. The topological polar surface area (TPSA) is 101 Å². The van der Waals surface area contributed by atoms with E-state index in [0.29, 0.717) is 17.2 Å². The molecule has 1 aliphatic rings. The fraction of sp³-hybridized carbons (Fsp3) is 0.364. The second-order valence-corrected chi connectivity index (χ2v) is 9.42. The molecule has 0 amide bonds.